The first kappa shape index (κ1) is 13.5. The number of esters is 1. The molecule has 1 atom stereocenters. The molecule has 0 amide bonds. The molecule has 0 saturated carbocycles. The fourth-order valence-corrected chi connectivity index (χ4v) is 2.07. The SMILES string of the molecule is CCOC(=O)C(C)CN(C)C1CCOCC1. The summed E-state index contributed by atoms with van der Waals surface area (Å²) in [6, 6.07) is 0.547. The molecule has 0 radical (unpaired) electrons. The van der Waals surface area contributed by atoms with Gasteiger partial charge in [0.2, 0.25) is 0 Å². The lowest BCUT2D eigenvalue weighted by atomic mass is 10.1. The van der Waals surface area contributed by atoms with Crippen LogP contribution < -0.4 is 0 Å². The van der Waals surface area contributed by atoms with E-state index < -0.39 is 0 Å². The third-order valence-electron chi connectivity index (χ3n) is 3.06. The Morgan fingerprint density at radius 2 is 2.12 bits per heavy atom. The Labute approximate surface area is 97.9 Å². The summed E-state index contributed by atoms with van der Waals surface area (Å²) < 4.78 is 10.3. The summed E-state index contributed by atoms with van der Waals surface area (Å²) >= 11 is 0. The van der Waals surface area contributed by atoms with Crippen molar-refractivity contribution >= 4 is 5.97 Å². The third-order valence-corrected chi connectivity index (χ3v) is 3.06. The van der Waals surface area contributed by atoms with Crippen molar-refractivity contribution in [1.29, 1.82) is 0 Å². The molecule has 0 aromatic rings. The fraction of sp³-hybridized carbons (Fsp3) is 0.917. The van der Waals surface area contributed by atoms with Crippen molar-refractivity contribution < 1.29 is 14.3 Å². The minimum absolute atomic E-state index is 0.0483. The first-order valence-corrected chi connectivity index (χ1v) is 6.09. The quantitative estimate of drug-likeness (QED) is 0.666. The van der Waals surface area contributed by atoms with E-state index in [1.54, 1.807) is 0 Å². The van der Waals surface area contributed by atoms with Gasteiger partial charge in [0.25, 0.3) is 0 Å². The molecule has 1 aliphatic rings. The minimum Gasteiger partial charge on any atom is -0.466 e. The van der Waals surface area contributed by atoms with Crippen molar-refractivity contribution in [3.05, 3.63) is 0 Å². The summed E-state index contributed by atoms with van der Waals surface area (Å²) in [6.07, 6.45) is 2.12. The van der Waals surface area contributed by atoms with Gasteiger partial charge in [0, 0.05) is 25.8 Å². The van der Waals surface area contributed by atoms with Gasteiger partial charge in [-0.2, -0.15) is 0 Å². The average molecular weight is 229 g/mol. The van der Waals surface area contributed by atoms with E-state index in [9.17, 15) is 4.79 Å². The Morgan fingerprint density at radius 1 is 1.50 bits per heavy atom. The van der Waals surface area contributed by atoms with Gasteiger partial charge < -0.3 is 14.4 Å². The number of nitrogens with zero attached hydrogens (tertiary/aromatic N) is 1. The van der Waals surface area contributed by atoms with Crippen molar-refractivity contribution in [2.24, 2.45) is 5.92 Å². The van der Waals surface area contributed by atoms with E-state index in [1.165, 1.54) is 0 Å². The van der Waals surface area contributed by atoms with Crippen LogP contribution in [0.1, 0.15) is 26.7 Å². The molecular formula is C12H23NO3. The van der Waals surface area contributed by atoms with Crippen molar-refractivity contribution in [3.63, 3.8) is 0 Å². The summed E-state index contributed by atoms with van der Waals surface area (Å²) in [5.74, 6) is -0.144. The Hall–Kier alpha value is -0.610. The van der Waals surface area contributed by atoms with Gasteiger partial charge in [-0.25, -0.2) is 0 Å². The Balaban J connectivity index is 2.31. The highest BCUT2D eigenvalue weighted by Gasteiger charge is 2.22. The van der Waals surface area contributed by atoms with Crippen LogP contribution in [0.2, 0.25) is 0 Å². The Kier molecular flexibility index (Phi) is 5.77. The van der Waals surface area contributed by atoms with E-state index in [0.29, 0.717) is 12.6 Å². The summed E-state index contributed by atoms with van der Waals surface area (Å²) in [5.41, 5.74) is 0. The van der Waals surface area contributed by atoms with E-state index in [4.69, 9.17) is 9.47 Å². The fourth-order valence-electron chi connectivity index (χ4n) is 2.07. The van der Waals surface area contributed by atoms with Crippen LogP contribution in [-0.4, -0.2) is 50.3 Å². The van der Waals surface area contributed by atoms with Gasteiger partial charge in [0.05, 0.1) is 12.5 Å². The molecule has 1 heterocycles. The van der Waals surface area contributed by atoms with E-state index >= 15 is 0 Å². The van der Waals surface area contributed by atoms with Crippen molar-refractivity contribution in [2.45, 2.75) is 32.7 Å². The highest BCUT2D eigenvalue weighted by atomic mass is 16.5. The monoisotopic (exact) mass is 229 g/mol. The van der Waals surface area contributed by atoms with Gasteiger partial charge in [-0.05, 0) is 26.8 Å². The highest BCUT2D eigenvalue weighted by molar-refractivity contribution is 5.72. The summed E-state index contributed by atoms with van der Waals surface area (Å²) in [5, 5.41) is 0. The number of carbonyl (C=O) groups excluding carboxylic acids is 1. The first-order chi connectivity index (χ1) is 7.65. The van der Waals surface area contributed by atoms with Gasteiger partial charge in [0.1, 0.15) is 0 Å². The molecule has 0 bridgehead atoms. The predicted molar refractivity (Wildman–Crippen MR) is 62.3 cm³/mol. The maximum atomic E-state index is 11.5. The second kappa shape index (κ2) is 6.86. The summed E-state index contributed by atoms with van der Waals surface area (Å²) in [4.78, 5) is 13.7. The van der Waals surface area contributed by atoms with Gasteiger partial charge in [-0.15, -0.1) is 0 Å². The Morgan fingerprint density at radius 3 is 2.69 bits per heavy atom. The van der Waals surface area contributed by atoms with Crippen molar-refractivity contribution in [1.82, 2.24) is 4.90 Å². The third kappa shape index (κ3) is 4.10. The zero-order chi connectivity index (χ0) is 12.0. The number of carbonyl (C=O) groups is 1. The van der Waals surface area contributed by atoms with Crippen LogP contribution in [0, 0.1) is 5.92 Å². The second-order valence-corrected chi connectivity index (χ2v) is 4.44. The van der Waals surface area contributed by atoms with Crippen LogP contribution in [-0.2, 0) is 14.3 Å². The molecule has 0 aromatic heterocycles. The molecule has 16 heavy (non-hydrogen) atoms. The predicted octanol–water partition coefficient (Wildman–Crippen LogP) is 1.30. The molecular weight excluding hydrogens is 206 g/mol. The Bertz CT molecular complexity index is 214. The number of rotatable bonds is 5. The van der Waals surface area contributed by atoms with Gasteiger partial charge in [-0.3, -0.25) is 4.79 Å². The molecule has 4 nitrogen and oxygen atoms in total. The summed E-state index contributed by atoms with van der Waals surface area (Å²) in [6.45, 7) is 6.67. The van der Waals surface area contributed by atoms with Crippen LogP contribution in [0.5, 0.6) is 0 Å². The standard InChI is InChI=1S/C12H23NO3/c1-4-16-12(14)10(2)9-13(3)11-5-7-15-8-6-11/h10-11H,4-9H2,1-3H3. The van der Waals surface area contributed by atoms with Gasteiger partial charge in [-0.1, -0.05) is 6.92 Å². The zero-order valence-electron chi connectivity index (χ0n) is 10.6. The lowest BCUT2D eigenvalue weighted by Gasteiger charge is -2.32. The van der Waals surface area contributed by atoms with E-state index in [-0.39, 0.29) is 11.9 Å². The topological polar surface area (TPSA) is 38.8 Å². The van der Waals surface area contributed by atoms with E-state index in [2.05, 4.69) is 11.9 Å². The molecule has 4 heteroatoms. The van der Waals surface area contributed by atoms with Crippen LogP contribution in [0.15, 0.2) is 0 Å². The number of ether oxygens (including phenoxy) is 2. The smallest absolute Gasteiger partial charge is 0.309 e. The highest BCUT2D eigenvalue weighted by Crippen LogP contribution is 2.14. The number of hydrogen-bond acceptors (Lipinski definition) is 4. The van der Waals surface area contributed by atoms with Gasteiger partial charge in [0.15, 0.2) is 0 Å². The molecule has 1 fully saturated rings. The molecule has 0 aromatic carbocycles. The molecule has 0 spiro atoms. The molecule has 1 unspecified atom stereocenters. The maximum absolute atomic E-state index is 11.5. The van der Waals surface area contributed by atoms with Crippen LogP contribution in [0.3, 0.4) is 0 Å². The molecule has 1 rings (SSSR count). The van der Waals surface area contributed by atoms with Crippen molar-refractivity contribution in [2.75, 3.05) is 33.4 Å². The van der Waals surface area contributed by atoms with E-state index in [0.717, 1.165) is 32.6 Å². The minimum atomic E-state index is -0.0959. The first-order valence-electron chi connectivity index (χ1n) is 6.09. The lowest BCUT2D eigenvalue weighted by Crippen LogP contribution is -2.40. The van der Waals surface area contributed by atoms with Gasteiger partial charge >= 0.3 is 5.97 Å². The van der Waals surface area contributed by atoms with E-state index in [1.807, 2.05) is 13.8 Å². The average Bonchev–Trinajstić information content (AvgIpc) is 2.30. The normalized spacial score (nSPS) is 19.8. The maximum Gasteiger partial charge on any atom is 0.309 e. The second-order valence-electron chi connectivity index (χ2n) is 4.44. The lowest BCUT2D eigenvalue weighted by molar-refractivity contribution is -0.148. The number of hydrogen-bond donors (Lipinski definition) is 0. The summed E-state index contributed by atoms with van der Waals surface area (Å²) in [7, 11) is 2.08. The zero-order valence-corrected chi connectivity index (χ0v) is 10.6. The molecule has 1 aliphatic heterocycles. The molecule has 0 aliphatic carbocycles. The van der Waals surface area contributed by atoms with Crippen LogP contribution >= 0.6 is 0 Å². The molecule has 94 valence electrons. The van der Waals surface area contributed by atoms with Crippen molar-refractivity contribution in [3.8, 4) is 0 Å². The molecule has 0 N–H and O–H groups in total. The molecule has 1 saturated heterocycles. The van der Waals surface area contributed by atoms with Crippen LogP contribution in [0.4, 0.5) is 0 Å². The van der Waals surface area contributed by atoms with Crippen LogP contribution in [0.25, 0.3) is 0 Å². The largest absolute Gasteiger partial charge is 0.466 e.